The molecule has 15 heavy (non-hydrogen) atoms. The van der Waals surface area contributed by atoms with Crippen LogP contribution in [0.25, 0.3) is 0 Å². The van der Waals surface area contributed by atoms with Crippen molar-refractivity contribution in [1.29, 1.82) is 0 Å². The minimum absolute atomic E-state index is 0. The molecule has 0 fully saturated rings. The van der Waals surface area contributed by atoms with Gasteiger partial charge < -0.3 is 5.11 Å². The van der Waals surface area contributed by atoms with Gasteiger partial charge >= 0.3 is 0 Å². The van der Waals surface area contributed by atoms with Crippen molar-refractivity contribution in [2.75, 3.05) is 11.7 Å². The van der Waals surface area contributed by atoms with Crippen LogP contribution in [0.4, 0.5) is 5.69 Å². The highest BCUT2D eigenvalue weighted by Gasteiger charge is 1.97. The molecule has 0 saturated carbocycles. The third-order valence-corrected chi connectivity index (χ3v) is 1.92. The molecule has 0 unspecified atom stereocenters. The van der Waals surface area contributed by atoms with Gasteiger partial charge in [0.05, 0.1) is 11.3 Å². The van der Waals surface area contributed by atoms with Gasteiger partial charge in [0.1, 0.15) is 0 Å². The molecule has 0 radical (unpaired) electrons. The zero-order valence-electron chi connectivity index (χ0n) is 9.61. The highest BCUT2D eigenvalue weighted by atomic mass is 32.2. The van der Waals surface area contributed by atoms with Crippen LogP contribution < -0.4 is 5.48 Å². The van der Waals surface area contributed by atoms with Gasteiger partial charge in [0, 0.05) is 6.32 Å². The van der Waals surface area contributed by atoms with E-state index in [0.717, 1.165) is 10.6 Å². The van der Waals surface area contributed by atoms with Crippen molar-refractivity contribution in [3.63, 3.8) is 0 Å². The van der Waals surface area contributed by atoms with Crippen molar-refractivity contribution in [2.24, 2.45) is 0 Å². The second-order valence-electron chi connectivity index (χ2n) is 4.01. The first-order valence-corrected chi connectivity index (χ1v) is 5.86. The molecule has 0 saturated heterocycles. The van der Waals surface area contributed by atoms with Crippen LogP contribution in [0.3, 0.4) is 0 Å². The van der Waals surface area contributed by atoms with E-state index in [1.54, 1.807) is 38.6 Å². The molecule has 1 aromatic carbocycles. The molecule has 3 N–H and O–H groups in total. The highest BCUT2D eigenvalue weighted by molar-refractivity contribution is 7.98. The van der Waals surface area contributed by atoms with Gasteiger partial charge in [-0.1, -0.05) is 6.07 Å². The molecule has 88 valence electrons. The third-order valence-electron chi connectivity index (χ3n) is 1.20. The van der Waals surface area contributed by atoms with Crippen LogP contribution >= 0.6 is 11.8 Å². The van der Waals surface area contributed by atoms with Crippen LogP contribution in [0.5, 0.6) is 0 Å². The Kier molecular flexibility index (Phi) is 6.40. The fourth-order valence-corrected chi connectivity index (χ4v) is 1.15. The molecule has 1 rings (SSSR count). The summed E-state index contributed by atoms with van der Waals surface area (Å²) in [6.45, 7) is 5.23. The average molecular weight is 231 g/mol. The van der Waals surface area contributed by atoms with E-state index >= 15 is 0 Å². The summed E-state index contributed by atoms with van der Waals surface area (Å²) in [6.07, 6.45) is 2.00. The molecule has 3 nitrogen and oxygen atoms in total. The van der Waals surface area contributed by atoms with Gasteiger partial charge in [-0.2, -0.15) is 0 Å². The molecule has 1 aromatic rings. The number of aliphatic hydroxyl groups is 1. The summed E-state index contributed by atoms with van der Waals surface area (Å²) < 4.78 is 0. The first kappa shape index (κ1) is 14.3. The molecule has 0 aromatic heterocycles. The zero-order valence-corrected chi connectivity index (χ0v) is 10.4. The Balaban J connectivity index is 0. The lowest BCUT2D eigenvalue weighted by atomic mass is 10.2. The van der Waals surface area contributed by atoms with Crippen LogP contribution in [0.2, 0.25) is 0 Å². The molecular weight excluding hydrogens is 210 g/mol. The predicted octanol–water partition coefficient (Wildman–Crippen LogP) is 3.23. The van der Waals surface area contributed by atoms with E-state index in [0.29, 0.717) is 0 Å². The number of nitrogens with one attached hydrogen (secondary N) is 1. The van der Waals surface area contributed by atoms with Gasteiger partial charge in [-0.15, -0.1) is 11.8 Å². The van der Waals surface area contributed by atoms with E-state index in [1.165, 1.54) is 0 Å². The monoisotopic (exact) mass is 231 g/mol. The van der Waals surface area contributed by atoms with E-state index in [4.69, 9.17) is 10.3 Å². The molecular formula is C11H21NO2S. The SMILES string of the molecule is CC(C)(C)O.CSc1cccc(NO)c1.[HH]. The number of anilines is 1. The number of hydrogen-bond donors (Lipinski definition) is 3. The Morgan fingerprint density at radius 2 is 1.87 bits per heavy atom. The smallest absolute Gasteiger partial charge is 0.0613 e. The number of hydrogen-bond acceptors (Lipinski definition) is 4. The Labute approximate surface area is 97.0 Å². The van der Waals surface area contributed by atoms with Crippen molar-refractivity contribution in [1.82, 2.24) is 0 Å². The molecule has 4 heteroatoms. The topological polar surface area (TPSA) is 52.5 Å². The van der Waals surface area contributed by atoms with Gasteiger partial charge in [0.25, 0.3) is 0 Å². The van der Waals surface area contributed by atoms with Crippen LogP contribution in [0, 0.1) is 0 Å². The maximum absolute atomic E-state index is 8.52. The number of benzene rings is 1. The van der Waals surface area contributed by atoms with Gasteiger partial charge in [0.2, 0.25) is 0 Å². The summed E-state index contributed by atoms with van der Waals surface area (Å²) in [7, 11) is 0. The minimum atomic E-state index is -0.500. The average Bonchev–Trinajstić information content (AvgIpc) is 2.15. The van der Waals surface area contributed by atoms with Crippen molar-refractivity contribution in [2.45, 2.75) is 31.3 Å². The van der Waals surface area contributed by atoms with E-state index in [9.17, 15) is 0 Å². The lowest BCUT2D eigenvalue weighted by Crippen LogP contribution is -2.10. The quantitative estimate of drug-likeness (QED) is 0.540. The number of rotatable bonds is 2. The Hall–Kier alpha value is -0.710. The second-order valence-corrected chi connectivity index (χ2v) is 4.89. The zero-order chi connectivity index (χ0) is 11.9. The summed E-state index contributed by atoms with van der Waals surface area (Å²) >= 11 is 1.65. The predicted molar refractivity (Wildman–Crippen MR) is 67.7 cm³/mol. The summed E-state index contributed by atoms with van der Waals surface area (Å²) in [5.41, 5.74) is 2.32. The lowest BCUT2D eigenvalue weighted by molar-refractivity contribution is 0.102. The van der Waals surface area contributed by atoms with E-state index in [2.05, 4.69) is 5.48 Å². The maximum atomic E-state index is 8.52. The molecule has 0 spiro atoms. The minimum Gasteiger partial charge on any atom is -0.391 e. The van der Waals surface area contributed by atoms with Gasteiger partial charge in [-0.05, 0) is 45.2 Å². The molecule has 0 aliphatic rings. The van der Waals surface area contributed by atoms with Crippen molar-refractivity contribution in [3.05, 3.63) is 24.3 Å². The van der Waals surface area contributed by atoms with Crippen LogP contribution in [-0.4, -0.2) is 22.2 Å². The molecule has 0 atom stereocenters. The molecule has 0 amide bonds. The summed E-state index contributed by atoms with van der Waals surface area (Å²) in [5, 5.41) is 17.0. The highest BCUT2D eigenvalue weighted by Crippen LogP contribution is 2.17. The first-order chi connectivity index (χ1) is 6.86. The molecule has 0 heterocycles. The maximum Gasteiger partial charge on any atom is 0.0613 e. The Morgan fingerprint density at radius 1 is 1.33 bits per heavy atom. The largest absolute Gasteiger partial charge is 0.391 e. The summed E-state index contributed by atoms with van der Waals surface area (Å²) in [5.74, 6) is 0. The molecule has 0 aliphatic heterocycles. The van der Waals surface area contributed by atoms with Crippen molar-refractivity contribution < 1.29 is 11.7 Å². The van der Waals surface area contributed by atoms with Crippen molar-refractivity contribution >= 4 is 17.4 Å². The number of thioether (sulfide) groups is 1. The third kappa shape index (κ3) is 9.59. The first-order valence-electron chi connectivity index (χ1n) is 4.63. The van der Waals surface area contributed by atoms with E-state index in [1.807, 2.05) is 24.5 Å². The van der Waals surface area contributed by atoms with Crippen LogP contribution in [0.1, 0.15) is 22.2 Å². The van der Waals surface area contributed by atoms with Gasteiger partial charge in [-0.25, -0.2) is 0 Å². The summed E-state index contributed by atoms with van der Waals surface area (Å²) in [4.78, 5) is 1.14. The Bertz CT molecular complexity index is 264. The van der Waals surface area contributed by atoms with Gasteiger partial charge in [0.15, 0.2) is 0 Å². The van der Waals surface area contributed by atoms with E-state index in [-0.39, 0.29) is 1.43 Å². The summed E-state index contributed by atoms with van der Waals surface area (Å²) in [6, 6.07) is 7.57. The Morgan fingerprint density at radius 3 is 2.27 bits per heavy atom. The second kappa shape index (κ2) is 6.71. The standard InChI is InChI=1S/C7H9NOS.C4H10O.H2/c1-10-7-4-2-3-6(5-7)8-9;1-4(2,3)5;/h2-5,8-9H,1H3;5H,1-3H3;1H. The fraction of sp³-hybridized carbons (Fsp3) is 0.455. The molecule has 0 bridgehead atoms. The molecule has 0 aliphatic carbocycles. The van der Waals surface area contributed by atoms with Gasteiger partial charge in [-0.3, -0.25) is 10.7 Å². The van der Waals surface area contributed by atoms with Crippen molar-refractivity contribution in [3.8, 4) is 0 Å². The lowest BCUT2D eigenvalue weighted by Gasteiger charge is -2.04. The van der Waals surface area contributed by atoms with E-state index < -0.39 is 5.60 Å². The normalized spacial score (nSPS) is 10.3. The van der Waals surface area contributed by atoms with Crippen LogP contribution in [0.15, 0.2) is 29.2 Å². The fourth-order valence-electron chi connectivity index (χ4n) is 0.693. The van der Waals surface area contributed by atoms with Crippen LogP contribution in [-0.2, 0) is 0 Å².